The molecule has 1 aromatic carbocycles. The summed E-state index contributed by atoms with van der Waals surface area (Å²) in [6.07, 6.45) is 0. The van der Waals surface area contributed by atoms with Gasteiger partial charge in [0.1, 0.15) is 4.99 Å². The van der Waals surface area contributed by atoms with Gasteiger partial charge in [0, 0.05) is 11.6 Å². The van der Waals surface area contributed by atoms with E-state index in [1.165, 1.54) is 12.1 Å². The van der Waals surface area contributed by atoms with E-state index in [0.29, 0.717) is 0 Å². The second-order valence-corrected chi connectivity index (χ2v) is 5.82. The minimum atomic E-state index is -1.01. The Morgan fingerprint density at radius 1 is 1.28 bits per heavy atom. The van der Waals surface area contributed by atoms with E-state index in [0.717, 1.165) is 0 Å². The molecule has 18 heavy (non-hydrogen) atoms. The Morgan fingerprint density at radius 2 is 1.83 bits per heavy atom. The number of rotatable bonds is 3. The molecule has 0 saturated heterocycles. The highest BCUT2D eigenvalue weighted by atomic mass is 32.1. The summed E-state index contributed by atoms with van der Waals surface area (Å²) in [5.41, 5.74) is 5.29. The van der Waals surface area contributed by atoms with E-state index < -0.39 is 11.6 Å². The summed E-state index contributed by atoms with van der Waals surface area (Å²) >= 11 is 4.65. The highest BCUT2D eigenvalue weighted by Gasteiger charge is 2.22. The number of thiocarbonyl (C=S) groups is 1. The molecule has 5 heteroatoms. The maximum Gasteiger partial charge on any atom is 0.182 e. The lowest BCUT2D eigenvalue weighted by Gasteiger charge is -2.29. The van der Waals surface area contributed by atoms with Crippen LogP contribution < -0.4 is 11.1 Å². The molecule has 1 aromatic rings. The average molecular weight is 272 g/mol. The zero-order chi connectivity index (χ0) is 14.1. The molecule has 3 N–H and O–H groups in total. The molecule has 0 bridgehead atoms. The lowest BCUT2D eigenvalue weighted by Crippen LogP contribution is -2.31. The second-order valence-electron chi connectivity index (χ2n) is 5.38. The topological polar surface area (TPSA) is 38.0 Å². The van der Waals surface area contributed by atoms with Crippen molar-refractivity contribution >= 4 is 22.9 Å². The lowest BCUT2D eigenvalue weighted by molar-refractivity contribution is 0.358. The monoisotopic (exact) mass is 272 g/mol. The van der Waals surface area contributed by atoms with Gasteiger partial charge in [0.25, 0.3) is 0 Å². The van der Waals surface area contributed by atoms with Crippen molar-refractivity contribution in [1.29, 1.82) is 0 Å². The van der Waals surface area contributed by atoms with Crippen LogP contribution in [-0.2, 0) is 0 Å². The first-order chi connectivity index (χ1) is 8.14. The maximum atomic E-state index is 13.8. The van der Waals surface area contributed by atoms with Gasteiger partial charge in [-0.2, -0.15) is 0 Å². The Labute approximate surface area is 112 Å². The Morgan fingerprint density at radius 3 is 2.28 bits per heavy atom. The summed E-state index contributed by atoms with van der Waals surface area (Å²) in [4.78, 5) is -0.151. The van der Waals surface area contributed by atoms with Crippen LogP contribution in [0.4, 0.5) is 14.5 Å². The fourth-order valence-electron chi connectivity index (χ4n) is 1.30. The third-order valence-corrected chi connectivity index (χ3v) is 3.24. The second kappa shape index (κ2) is 5.18. The zero-order valence-electron chi connectivity index (χ0n) is 11.0. The first-order valence-electron chi connectivity index (χ1n) is 5.69. The van der Waals surface area contributed by atoms with Gasteiger partial charge in [-0.25, -0.2) is 8.78 Å². The molecule has 1 rings (SSSR count). The van der Waals surface area contributed by atoms with Gasteiger partial charge in [0.2, 0.25) is 0 Å². The maximum absolute atomic E-state index is 13.8. The molecule has 0 aliphatic rings. The van der Waals surface area contributed by atoms with Crippen LogP contribution in [0.25, 0.3) is 0 Å². The van der Waals surface area contributed by atoms with Crippen molar-refractivity contribution in [2.24, 2.45) is 11.1 Å². The molecule has 1 atom stereocenters. The normalized spacial score (nSPS) is 13.2. The molecule has 0 fully saturated rings. The molecule has 0 heterocycles. The van der Waals surface area contributed by atoms with Gasteiger partial charge in [0.05, 0.1) is 5.69 Å². The van der Waals surface area contributed by atoms with Crippen molar-refractivity contribution in [3.05, 3.63) is 29.3 Å². The number of benzene rings is 1. The average Bonchev–Trinajstić information content (AvgIpc) is 2.22. The van der Waals surface area contributed by atoms with Crippen LogP contribution in [0.2, 0.25) is 0 Å². The number of hydrogen-bond donors (Lipinski definition) is 2. The predicted octanol–water partition coefficient (Wildman–Crippen LogP) is 3.45. The number of anilines is 1. The third kappa shape index (κ3) is 3.16. The summed E-state index contributed by atoms with van der Waals surface area (Å²) in [6.45, 7) is 7.96. The fraction of sp³-hybridized carbons (Fsp3) is 0.462. The quantitative estimate of drug-likeness (QED) is 0.828. The number of halogens is 2. The van der Waals surface area contributed by atoms with Crippen LogP contribution in [0.5, 0.6) is 0 Å². The van der Waals surface area contributed by atoms with E-state index >= 15 is 0 Å². The van der Waals surface area contributed by atoms with Gasteiger partial charge in [0.15, 0.2) is 11.6 Å². The molecule has 0 spiro atoms. The lowest BCUT2D eigenvalue weighted by atomic mass is 9.88. The van der Waals surface area contributed by atoms with E-state index in [9.17, 15) is 8.78 Å². The van der Waals surface area contributed by atoms with E-state index in [4.69, 9.17) is 5.73 Å². The van der Waals surface area contributed by atoms with Crippen molar-refractivity contribution in [2.75, 3.05) is 5.32 Å². The van der Waals surface area contributed by atoms with Crippen LogP contribution >= 0.6 is 12.2 Å². The Balaban J connectivity index is 3.07. The molecule has 0 aromatic heterocycles. The van der Waals surface area contributed by atoms with Gasteiger partial charge in [-0.1, -0.05) is 33.0 Å². The fourth-order valence-corrected chi connectivity index (χ4v) is 1.46. The molecule has 0 saturated carbocycles. The summed E-state index contributed by atoms with van der Waals surface area (Å²) in [7, 11) is 0. The molecule has 0 aliphatic heterocycles. The highest BCUT2D eigenvalue weighted by Crippen LogP contribution is 2.26. The molecule has 0 amide bonds. The SMILES string of the molecule is CC(Nc1ccc(C(N)=S)c(F)c1F)C(C)(C)C. The molecule has 0 radical (unpaired) electrons. The summed E-state index contributed by atoms with van der Waals surface area (Å²) in [5.74, 6) is -1.95. The first kappa shape index (κ1) is 14.8. The Bertz CT molecular complexity index is 467. The number of nitrogens with two attached hydrogens (primary N) is 1. The minimum Gasteiger partial charge on any atom is -0.389 e. The van der Waals surface area contributed by atoms with Crippen LogP contribution in [-0.4, -0.2) is 11.0 Å². The predicted molar refractivity (Wildman–Crippen MR) is 74.8 cm³/mol. The molecular formula is C13H18F2N2S. The van der Waals surface area contributed by atoms with Gasteiger partial charge < -0.3 is 11.1 Å². The molecule has 0 aliphatic carbocycles. The summed E-state index contributed by atoms with van der Waals surface area (Å²) < 4.78 is 27.5. The first-order valence-corrected chi connectivity index (χ1v) is 6.09. The van der Waals surface area contributed by atoms with Crippen molar-refractivity contribution < 1.29 is 8.78 Å². The van der Waals surface area contributed by atoms with E-state index in [1.54, 1.807) is 0 Å². The van der Waals surface area contributed by atoms with Crippen LogP contribution in [0.15, 0.2) is 12.1 Å². The standard InChI is InChI=1S/C13H18F2N2S/c1-7(13(2,3)4)17-9-6-5-8(12(16)18)10(14)11(9)15/h5-7,17H,1-4H3,(H2,16,18). The van der Waals surface area contributed by atoms with Crippen molar-refractivity contribution in [3.8, 4) is 0 Å². The largest absolute Gasteiger partial charge is 0.389 e. The van der Waals surface area contributed by atoms with Gasteiger partial charge >= 0.3 is 0 Å². The van der Waals surface area contributed by atoms with Crippen molar-refractivity contribution in [2.45, 2.75) is 33.7 Å². The van der Waals surface area contributed by atoms with Gasteiger partial charge in [-0.3, -0.25) is 0 Å². The number of nitrogens with one attached hydrogen (secondary N) is 1. The smallest absolute Gasteiger partial charge is 0.182 e. The Hall–Kier alpha value is -1.23. The van der Waals surface area contributed by atoms with Crippen LogP contribution in [0, 0.1) is 17.0 Å². The van der Waals surface area contributed by atoms with Crippen molar-refractivity contribution in [3.63, 3.8) is 0 Å². The molecule has 1 unspecified atom stereocenters. The summed E-state index contributed by atoms with van der Waals surface area (Å²) in [6, 6.07) is 2.83. The van der Waals surface area contributed by atoms with E-state index in [2.05, 4.69) is 17.5 Å². The van der Waals surface area contributed by atoms with Gasteiger partial charge in [-0.15, -0.1) is 0 Å². The summed E-state index contributed by atoms with van der Waals surface area (Å²) in [5, 5.41) is 2.96. The zero-order valence-corrected chi connectivity index (χ0v) is 11.8. The van der Waals surface area contributed by atoms with Crippen LogP contribution in [0.3, 0.4) is 0 Å². The molecular weight excluding hydrogens is 254 g/mol. The van der Waals surface area contributed by atoms with Gasteiger partial charge in [-0.05, 0) is 24.5 Å². The van der Waals surface area contributed by atoms with E-state index in [-0.39, 0.29) is 27.7 Å². The minimum absolute atomic E-state index is 0.0120. The number of hydrogen-bond acceptors (Lipinski definition) is 2. The highest BCUT2D eigenvalue weighted by molar-refractivity contribution is 7.80. The molecule has 100 valence electrons. The van der Waals surface area contributed by atoms with Crippen molar-refractivity contribution in [1.82, 2.24) is 0 Å². The Kier molecular flexibility index (Phi) is 4.27. The third-order valence-electron chi connectivity index (χ3n) is 3.02. The van der Waals surface area contributed by atoms with E-state index in [1.807, 2.05) is 27.7 Å². The van der Waals surface area contributed by atoms with Crippen LogP contribution in [0.1, 0.15) is 33.3 Å². The molecule has 2 nitrogen and oxygen atoms in total.